The second-order valence-corrected chi connectivity index (χ2v) is 10.4. The molecule has 0 aliphatic heterocycles. The summed E-state index contributed by atoms with van der Waals surface area (Å²) in [5.74, 6) is -0.538. The third kappa shape index (κ3) is 6.24. The lowest BCUT2D eigenvalue weighted by molar-refractivity contribution is -0.119. The highest BCUT2D eigenvalue weighted by molar-refractivity contribution is 7.98. The molecule has 0 aliphatic rings. The van der Waals surface area contributed by atoms with E-state index < -0.39 is 22.5 Å². The minimum atomic E-state index is -3.97. The number of thioether (sulfide) groups is 1. The first-order valence-electron chi connectivity index (χ1n) is 10.3. The normalized spacial score (nSPS) is 11.5. The van der Waals surface area contributed by atoms with Crippen LogP contribution in [0.4, 0.5) is 5.69 Å². The standard InChI is InChI=1S/C25H27N3O3S2/c1-18-6-13-23(14-7-18)33(30,31)28(24-15-19(2)5-8-20(24)3)17-25(29)27-26-16-21-9-11-22(32-4)12-10-21/h5-16H,17H2,1-4H3,(H,27,29)/b26-16-. The van der Waals surface area contributed by atoms with E-state index >= 15 is 0 Å². The van der Waals surface area contributed by atoms with Crippen molar-refractivity contribution in [2.75, 3.05) is 17.1 Å². The number of sulfonamides is 1. The van der Waals surface area contributed by atoms with Gasteiger partial charge >= 0.3 is 0 Å². The van der Waals surface area contributed by atoms with Crippen molar-refractivity contribution in [3.05, 3.63) is 89.0 Å². The Kier molecular flexibility index (Phi) is 7.94. The summed E-state index contributed by atoms with van der Waals surface area (Å²) in [5, 5.41) is 4.00. The van der Waals surface area contributed by atoms with E-state index in [0.717, 1.165) is 31.5 Å². The maximum atomic E-state index is 13.5. The zero-order chi connectivity index (χ0) is 24.0. The quantitative estimate of drug-likeness (QED) is 0.288. The van der Waals surface area contributed by atoms with Gasteiger partial charge in [0.05, 0.1) is 16.8 Å². The highest BCUT2D eigenvalue weighted by Crippen LogP contribution is 2.28. The number of hydrazone groups is 1. The summed E-state index contributed by atoms with van der Waals surface area (Å²) in [6.45, 7) is 5.19. The molecule has 1 N–H and O–H groups in total. The third-order valence-corrected chi connectivity index (χ3v) is 7.57. The Balaban J connectivity index is 1.86. The van der Waals surface area contributed by atoms with Crippen LogP contribution in [-0.4, -0.2) is 33.3 Å². The molecule has 6 nitrogen and oxygen atoms in total. The molecule has 33 heavy (non-hydrogen) atoms. The fraction of sp³-hybridized carbons (Fsp3) is 0.200. The molecule has 0 aliphatic carbocycles. The van der Waals surface area contributed by atoms with Gasteiger partial charge in [0.2, 0.25) is 0 Å². The number of benzene rings is 3. The van der Waals surface area contributed by atoms with Gasteiger partial charge < -0.3 is 0 Å². The van der Waals surface area contributed by atoms with E-state index in [0.29, 0.717) is 5.69 Å². The summed E-state index contributed by atoms with van der Waals surface area (Å²) < 4.78 is 28.1. The van der Waals surface area contributed by atoms with Crippen molar-refractivity contribution >= 4 is 39.6 Å². The molecular formula is C25H27N3O3S2. The number of anilines is 1. The number of carbonyl (C=O) groups is 1. The van der Waals surface area contributed by atoms with E-state index in [1.807, 2.05) is 63.4 Å². The van der Waals surface area contributed by atoms with E-state index in [1.165, 1.54) is 6.21 Å². The first kappa shape index (κ1) is 24.5. The van der Waals surface area contributed by atoms with Gasteiger partial charge in [0.15, 0.2) is 0 Å². The fourth-order valence-corrected chi connectivity index (χ4v) is 5.05. The summed E-state index contributed by atoms with van der Waals surface area (Å²) in [7, 11) is -3.97. The molecular weight excluding hydrogens is 454 g/mol. The summed E-state index contributed by atoms with van der Waals surface area (Å²) in [6, 6.07) is 19.8. The van der Waals surface area contributed by atoms with Crippen LogP contribution < -0.4 is 9.73 Å². The van der Waals surface area contributed by atoms with E-state index in [9.17, 15) is 13.2 Å². The number of nitrogens with zero attached hydrogens (tertiary/aromatic N) is 2. The second-order valence-electron chi connectivity index (χ2n) is 7.68. The van der Waals surface area contributed by atoms with Crippen LogP contribution in [0.2, 0.25) is 0 Å². The molecule has 3 aromatic carbocycles. The van der Waals surface area contributed by atoms with Crippen molar-refractivity contribution in [3.63, 3.8) is 0 Å². The Morgan fingerprint density at radius 1 is 0.970 bits per heavy atom. The summed E-state index contributed by atoms with van der Waals surface area (Å²) in [5.41, 5.74) is 6.33. The molecule has 3 rings (SSSR count). The van der Waals surface area contributed by atoms with E-state index in [-0.39, 0.29) is 4.90 Å². The average molecular weight is 482 g/mol. The van der Waals surface area contributed by atoms with Crippen LogP contribution in [0.25, 0.3) is 0 Å². The van der Waals surface area contributed by atoms with Crippen molar-refractivity contribution < 1.29 is 13.2 Å². The topological polar surface area (TPSA) is 78.8 Å². The fourth-order valence-electron chi connectivity index (χ4n) is 3.16. The molecule has 0 spiro atoms. The lowest BCUT2D eigenvalue weighted by Gasteiger charge is -2.25. The van der Waals surface area contributed by atoms with Crippen molar-refractivity contribution in [3.8, 4) is 0 Å². The Labute approximate surface area is 199 Å². The molecule has 0 saturated heterocycles. The van der Waals surface area contributed by atoms with E-state index in [2.05, 4.69) is 10.5 Å². The SMILES string of the molecule is CSc1ccc(/C=N\NC(=O)CN(c2cc(C)ccc2C)S(=O)(=O)c2ccc(C)cc2)cc1. The van der Waals surface area contributed by atoms with Gasteiger partial charge in [-0.1, -0.05) is 42.0 Å². The van der Waals surface area contributed by atoms with Crippen molar-refractivity contribution in [1.29, 1.82) is 0 Å². The van der Waals surface area contributed by atoms with Gasteiger partial charge in [-0.2, -0.15) is 5.10 Å². The minimum Gasteiger partial charge on any atom is -0.271 e. The number of rotatable bonds is 8. The largest absolute Gasteiger partial charge is 0.271 e. The number of nitrogens with one attached hydrogen (secondary N) is 1. The highest BCUT2D eigenvalue weighted by atomic mass is 32.2. The van der Waals surface area contributed by atoms with Gasteiger partial charge in [-0.25, -0.2) is 13.8 Å². The van der Waals surface area contributed by atoms with Gasteiger partial charge in [0.25, 0.3) is 15.9 Å². The molecule has 8 heteroatoms. The molecule has 0 heterocycles. The average Bonchev–Trinajstić information content (AvgIpc) is 2.80. The summed E-state index contributed by atoms with van der Waals surface area (Å²) in [6.07, 6.45) is 3.52. The molecule has 172 valence electrons. The maximum Gasteiger partial charge on any atom is 0.264 e. The van der Waals surface area contributed by atoms with Crippen LogP contribution in [0.15, 0.2) is 81.6 Å². The molecule has 0 unspecified atom stereocenters. The Hall–Kier alpha value is -3.10. The van der Waals surface area contributed by atoms with Crippen molar-refractivity contribution in [2.24, 2.45) is 5.10 Å². The minimum absolute atomic E-state index is 0.124. The lowest BCUT2D eigenvalue weighted by Crippen LogP contribution is -2.40. The van der Waals surface area contributed by atoms with Gasteiger partial charge in [0.1, 0.15) is 6.54 Å². The Morgan fingerprint density at radius 3 is 2.24 bits per heavy atom. The van der Waals surface area contributed by atoms with Crippen LogP contribution in [0, 0.1) is 20.8 Å². The maximum absolute atomic E-state index is 13.5. The van der Waals surface area contributed by atoms with Crippen molar-refractivity contribution in [1.82, 2.24) is 5.43 Å². The molecule has 0 saturated carbocycles. The van der Waals surface area contributed by atoms with E-state index in [1.54, 1.807) is 42.1 Å². The number of hydrogen-bond donors (Lipinski definition) is 1. The molecule has 0 atom stereocenters. The third-order valence-electron chi connectivity index (χ3n) is 5.05. The molecule has 0 fully saturated rings. The summed E-state index contributed by atoms with van der Waals surface area (Å²) in [4.78, 5) is 14.0. The Morgan fingerprint density at radius 2 is 1.61 bits per heavy atom. The zero-order valence-electron chi connectivity index (χ0n) is 19.1. The first-order valence-corrected chi connectivity index (χ1v) is 13.0. The van der Waals surface area contributed by atoms with Crippen LogP contribution in [-0.2, 0) is 14.8 Å². The Bertz CT molecular complexity index is 1250. The first-order chi connectivity index (χ1) is 15.7. The second kappa shape index (κ2) is 10.7. The van der Waals surface area contributed by atoms with Gasteiger partial charge in [-0.15, -0.1) is 11.8 Å². The van der Waals surface area contributed by atoms with Crippen LogP contribution in [0.5, 0.6) is 0 Å². The van der Waals surface area contributed by atoms with Crippen molar-refractivity contribution in [2.45, 2.75) is 30.6 Å². The molecule has 3 aromatic rings. The number of aryl methyl sites for hydroxylation is 3. The zero-order valence-corrected chi connectivity index (χ0v) is 20.7. The number of amides is 1. The molecule has 0 bridgehead atoms. The van der Waals surface area contributed by atoms with E-state index in [4.69, 9.17) is 0 Å². The number of hydrogen-bond acceptors (Lipinski definition) is 5. The van der Waals surface area contributed by atoms with Gasteiger partial charge in [0, 0.05) is 4.90 Å². The number of carbonyl (C=O) groups excluding carboxylic acids is 1. The predicted octanol–water partition coefficient (Wildman–Crippen LogP) is 4.68. The molecule has 0 radical (unpaired) electrons. The highest BCUT2D eigenvalue weighted by Gasteiger charge is 2.28. The lowest BCUT2D eigenvalue weighted by atomic mass is 10.1. The van der Waals surface area contributed by atoms with Crippen LogP contribution in [0.3, 0.4) is 0 Å². The van der Waals surface area contributed by atoms with Crippen LogP contribution >= 0.6 is 11.8 Å². The molecule has 0 aromatic heterocycles. The van der Waals surface area contributed by atoms with Gasteiger partial charge in [-0.3, -0.25) is 9.10 Å². The molecule has 1 amide bonds. The van der Waals surface area contributed by atoms with Gasteiger partial charge in [-0.05, 0) is 74.0 Å². The van der Waals surface area contributed by atoms with Crippen LogP contribution in [0.1, 0.15) is 22.3 Å². The smallest absolute Gasteiger partial charge is 0.264 e. The summed E-state index contributed by atoms with van der Waals surface area (Å²) >= 11 is 1.64. The predicted molar refractivity (Wildman–Crippen MR) is 136 cm³/mol. The monoisotopic (exact) mass is 481 g/mol.